The monoisotopic (exact) mass is 159 g/mol. The summed E-state index contributed by atoms with van der Waals surface area (Å²) in [6, 6.07) is 0.281. The lowest BCUT2D eigenvalue weighted by Crippen LogP contribution is -2.31. The average Bonchev–Trinajstić information content (AvgIpc) is 1.89. The van der Waals surface area contributed by atoms with Gasteiger partial charge in [0.2, 0.25) is 0 Å². The predicted octanol–water partition coefficient (Wildman–Crippen LogP) is 1.56. The Morgan fingerprint density at radius 2 is 1.90 bits per heavy atom. The third-order valence-corrected chi connectivity index (χ3v) is 2.03. The van der Waals surface area contributed by atoms with E-state index in [0.29, 0.717) is 5.92 Å². The van der Waals surface area contributed by atoms with Gasteiger partial charge in [-0.2, -0.15) is 0 Å². The van der Waals surface area contributed by atoms with Crippen molar-refractivity contribution in [3.05, 3.63) is 0 Å². The Kier molecular flexibility index (Phi) is 4.51. The van der Waals surface area contributed by atoms with Crippen LogP contribution in [0.15, 0.2) is 0 Å². The molecular weight excluding hydrogens is 146 g/mol. The topological polar surface area (TPSA) is 26.0 Å². The molecule has 2 N–H and O–H groups in total. The first kappa shape index (κ1) is 9.81. The van der Waals surface area contributed by atoms with Gasteiger partial charge in [-0.15, -0.1) is 24.8 Å². The summed E-state index contributed by atoms with van der Waals surface area (Å²) in [4.78, 5) is 0. The minimum Gasteiger partial charge on any atom is -0.327 e. The molecule has 0 amide bonds. The highest BCUT2D eigenvalue weighted by Gasteiger charge is 2.18. The fourth-order valence-corrected chi connectivity index (χ4v) is 1.37. The van der Waals surface area contributed by atoms with Gasteiger partial charge in [0.15, 0.2) is 0 Å². The standard InChI is InChI=1S/C8H13N.ClH/c1-2-7-5-3-4-6-8(7)9;/h1,7-8H,3-6,9H2;1H/t7-,8-;/m0./s1. The molecule has 0 bridgehead atoms. The van der Waals surface area contributed by atoms with Gasteiger partial charge in [-0.1, -0.05) is 12.8 Å². The van der Waals surface area contributed by atoms with E-state index >= 15 is 0 Å². The molecule has 58 valence electrons. The lowest BCUT2D eigenvalue weighted by Gasteiger charge is -2.23. The van der Waals surface area contributed by atoms with E-state index in [1.807, 2.05) is 0 Å². The van der Waals surface area contributed by atoms with Crippen molar-refractivity contribution < 1.29 is 0 Å². The highest BCUT2D eigenvalue weighted by Crippen LogP contribution is 2.21. The quantitative estimate of drug-likeness (QED) is 0.534. The average molecular weight is 160 g/mol. The largest absolute Gasteiger partial charge is 0.327 e. The number of terminal acetylenes is 1. The Balaban J connectivity index is 0.000000810. The predicted molar refractivity (Wildman–Crippen MR) is 46.0 cm³/mol. The van der Waals surface area contributed by atoms with Crippen LogP contribution >= 0.6 is 12.4 Å². The minimum atomic E-state index is 0. The molecule has 0 spiro atoms. The van der Waals surface area contributed by atoms with E-state index in [1.54, 1.807) is 0 Å². The van der Waals surface area contributed by atoms with Gasteiger partial charge >= 0.3 is 0 Å². The number of halogens is 1. The molecule has 1 fully saturated rings. The van der Waals surface area contributed by atoms with Gasteiger partial charge < -0.3 is 5.73 Å². The molecule has 0 saturated heterocycles. The van der Waals surface area contributed by atoms with Crippen LogP contribution in [-0.2, 0) is 0 Å². The summed E-state index contributed by atoms with van der Waals surface area (Å²) < 4.78 is 0. The second kappa shape index (κ2) is 4.60. The van der Waals surface area contributed by atoms with Gasteiger partial charge in [0, 0.05) is 12.0 Å². The van der Waals surface area contributed by atoms with Crippen molar-refractivity contribution in [2.45, 2.75) is 31.7 Å². The van der Waals surface area contributed by atoms with Crippen LogP contribution < -0.4 is 5.73 Å². The SMILES string of the molecule is C#C[C@H]1CCCC[C@@H]1N.Cl. The summed E-state index contributed by atoms with van der Waals surface area (Å²) in [7, 11) is 0. The molecule has 0 radical (unpaired) electrons. The molecule has 1 saturated carbocycles. The van der Waals surface area contributed by atoms with Crippen LogP contribution in [0.2, 0.25) is 0 Å². The normalized spacial score (nSPS) is 32.0. The van der Waals surface area contributed by atoms with Crippen molar-refractivity contribution >= 4 is 12.4 Å². The molecule has 2 atom stereocenters. The lowest BCUT2D eigenvalue weighted by molar-refractivity contribution is 0.372. The van der Waals surface area contributed by atoms with E-state index < -0.39 is 0 Å². The lowest BCUT2D eigenvalue weighted by atomic mass is 9.86. The Morgan fingerprint density at radius 3 is 2.30 bits per heavy atom. The number of hydrogen-bond acceptors (Lipinski definition) is 1. The minimum absolute atomic E-state index is 0. The Morgan fingerprint density at radius 1 is 1.30 bits per heavy atom. The van der Waals surface area contributed by atoms with Crippen LogP contribution in [0.4, 0.5) is 0 Å². The van der Waals surface area contributed by atoms with Crippen LogP contribution in [0.5, 0.6) is 0 Å². The molecule has 2 heteroatoms. The van der Waals surface area contributed by atoms with E-state index in [2.05, 4.69) is 5.92 Å². The molecule has 1 aliphatic rings. The van der Waals surface area contributed by atoms with E-state index in [4.69, 9.17) is 12.2 Å². The molecule has 1 aliphatic carbocycles. The van der Waals surface area contributed by atoms with Crippen LogP contribution in [0, 0.1) is 18.3 Å². The molecule has 1 rings (SSSR count). The highest BCUT2D eigenvalue weighted by atomic mass is 35.5. The van der Waals surface area contributed by atoms with Gasteiger partial charge in [0.25, 0.3) is 0 Å². The van der Waals surface area contributed by atoms with Crippen LogP contribution in [0.1, 0.15) is 25.7 Å². The number of nitrogens with two attached hydrogens (primary N) is 1. The molecule has 0 aromatic carbocycles. The van der Waals surface area contributed by atoms with Crippen molar-refractivity contribution in [1.82, 2.24) is 0 Å². The maximum atomic E-state index is 5.75. The maximum absolute atomic E-state index is 5.75. The first-order valence-electron chi connectivity index (χ1n) is 3.56. The third kappa shape index (κ3) is 2.21. The summed E-state index contributed by atoms with van der Waals surface area (Å²) in [5, 5.41) is 0. The summed E-state index contributed by atoms with van der Waals surface area (Å²) >= 11 is 0. The van der Waals surface area contributed by atoms with E-state index in [9.17, 15) is 0 Å². The van der Waals surface area contributed by atoms with Crippen molar-refractivity contribution in [3.63, 3.8) is 0 Å². The summed E-state index contributed by atoms with van der Waals surface area (Å²) in [6.45, 7) is 0. The fraction of sp³-hybridized carbons (Fsp3) is 0.750. The molecule has 0 aromatic heterocycles. The van der Waals surface area contributed by atoms with Gasteiger partial charge in [-0.05, 0) is 12.8 Å². The Hall–Kier alpha value is -0.190. The molecule has 10 heavy (non-hydrogen) atoms. The number of hydrogen-bond donors (Lipinski definition) is 1. The summed E-state index contributed by atoms with van der Waals surface area (Å²) in [5.41, 5.74) is 5.75. The Labute approximate surface area is 68.8 Å². The molecule has 0 unspecified atom stereocenters. The molecule has 0 heterocycles. The second-order valence-electron chi connectivity index (χ2n) is 2.72. The smallest absolute Gasteiger partial charge is 0.0351 e. The second-order valence-corrected chi connectivity index (χ2v) is 2.72. The van der Waals surface area contributed by atoms with Crippen LogP contribution in [-0.4, -0.2) is 6.04 Å². The zero-order valence-electron chi connectivity index (χ0n) is 6.05. The Bertz CT molecular complexity index is 128. The molecule has 1 nitrogen and oxygen atoms in total. The molecule has 0 aliphatic heterocycles. The third-order valence-electron chi connectivity index (χ3n) is 2.03. The number of rotatable bonds is 0. The van der Waals surface area contributed by atoms with Crippen molar-refractivity contribution in [2.24, 2.45) is 11.7 Å². The highest BCUT2D eigenvalue weighted by molar-refractivity contribution is 5.85. The van der Waals surface area contributed by atoms with Crippen molar-refractivity contribution in [1.29, 1.82) is 0 Å². The summed E-state index contributed by atoms with van der Waals surface area (Å²) in [5.74, 6) is 3.09. The summed E-state index contributed by atoms with van der Waals surface area (Å²) in [6.07, 6.45) is 10.0. The van der Waals surface area contributed by atoms with E-state index in [-0.39, 0.29) is 18.4 Å². The first-order valence-corrected chi connectivity index (χ1v) is 3.56. The van der Waals surface area contributed by atoms with Gasteiger partial charge in [-0.25, -0.2) is 0 Å². The zero-order valence-corrected chi connectivity index (χ0v) is 6.86. The van der Waals surface area contributed by atoms with Crippen LogP contribution in [0.25, 0.3) is 0 Å². The van der Waals surface area contributed by atoms with Gasteiger partial charge in [0.1, 0.15) is 0 Å². The van der Waals surface area contributed by atoms with Gasteiger partial charge in [-0.3, -0.25) is 0 Å². The van der Waals surface area contributed by atoms with Crippen molar-refractivity contribution in [2.75, 3.05) is 0 Å². The van der Waals surface area contributed by atoms with Gasteiger partial charge in [0.05, 0.1) is 0 Å². The first-order chi connectivity index (χ1) is 4.34. The molecule has 0 aromatic rings. The maximum Gasteiger partial charge on any atom is 0.0351 e. The zero-order chi connectivity index (χ0) is 6.69. The van der Waals surface area contributed by atoms with Crippen molar-refractivity contribution in [3.8, 4) is 12.3 Å². The van der Waals surface area contributed by atoms with E-state index in [0.717, 1.165) is 12.8 Å². The fourth-order valence-electron chi connectivity index (χ4n) is 1.37. The molecular formula is C8H14ClN. The van der Waals surface area contributed by atoms with E-state index in [1.165, 1.54) is 12.8 Å². The van der Waals surface area contributed by atoms with Crippen LogP contribution in [0.3, 0.4) is 0 Å².